The first-order chi connectivity index (χ1) is 9.50. The standard InChI is InChI=1S/C14H19F3N2O/c1-20-13-3-2-12(14(15,16)17)10-11(13)4-7-19-8-5-18-6-9-19/h2-3,10,18H,4-9H2,1H3. The van der Waals surface area contributed by atoms with E-state index in [0.29, 0.717) is 17.7 Å². The topological polar surface area (TPSA) is 24.5 Å². The van der Waals surface area contributed by atoms with Gasteiger partial charge in [0.2, 0.25) is 0 Å². The molecule has 1 N–H and O–H groups in total. The molecule has 1 aliphatic heterocycles. The van der Waals surface area contributed by atoms with E-state index in [1.165, 1.54) is 19.2 Å². The molecule has 0 amide bonds. The lowest BCUT2D eigenvalue weighted by atomic mass is 10.1. The van der Waals surface area contributed by atoms with Crippen LogP contribution in [0.4, 0.5) is 13.2 Å². The number of piperazine rings is 1. The van der Waals surface area contributed by atoms with Crippen molar-refractivity contribution in [3.63, 3.8) is 0 Å². The van der Waals surface area contributed by atoms with Crippen molar-refractivity contribution in [3.05, 3.63) is 29.3 Å². The molecule has 0 spiro atoms. The van der Waals surface area contributed by atoms with E-state index in [-0.39, 0.29) is 0 Å². The molecular formula is C14H19F3N2O. The molecule has 0 unspecified atom stereocenters. The third kappa shape index (κ3) is 3.86. The Kier molecular flexibility index (Phi) is 4.88. The summed E-state index contributed by atoms with van der Waals surface area (Å²) >= 11 is 0. The van der Waals surface area contributed by atoms with Crippen LogP contribution in [0.25, 0.3) is 0 Å². The van der Waals surface area contributed by atoms with E-state index in [0.717, 1.165) is 38.8 Å². The molecule has 1 heterocycles. The van der Waals surface area contributed by atoms with Gasteiger partial charge in [0.1, 0.15) is 5.75 Å². The van der Waals surface area contributed by atoms with Crippen LogP contribution in [0.15, 0.2) is 18.2 Å². The number of nitrogens with one attached hydrogen (secondary N) is 1. The smallest absolute Gasteiger partial charge is 0.416 e. The molecule has 0 atom stereocenters. The minimum absolute atomic E-state index is 0.521. The quantitative estimate of drug-likeness (QED) is 0.919. The third-order valence-electron chi connectivity index (χ3n) is 3.51. The second-order valence-corrected chi connectivity index (χ2v) is 4.87. The molecule has 1 fully saturated rings. The molecule has 112 valence electrons. The first-order valence-corrected chi connectivity index (χ1v) is 6.68. The summed E-state index contributed by atoms with van der Waals surface area (Å²) in [5.41, 5.74) is -0.00512. The maximum absolute atomic E-state index is 12.7. The molecule has 0 aliphatic carbocycles. The zero-order valence-electron chi connectivity index (χ0n) is 11.5. The van der Waals surface area contributed by atoms with Crippen LogP contribution >= 0.6 is 0 Å². The summed E-state index contributed by atoms with van der Waals surface area (Å²) in [6.07, 6.45) is -3.75. The fraction of sp³-hybridized carbons (Fsp3) is 0.571. The van der Waals surface area contributed by atoms with Gasteiger partial charge in [0, 0.05) is 32.7 Å². The Morgan fingerprint density at radius 3 is 2.55 bits per heavy atom. The summed E-state index contributed by atoms with van der Waals surface area (Å²) in [5, 5.41) is 3.25. The zero-order valence-corrected chi connectivity index (χ0v) is 11.5. The van der Waals surface area contributed by atoms with E-state index < -0.39 is 11.7 Å². The lowest BCUT2D eigenvalue weighted by molar-refractivity contribution is -0.137. The van der Waals surface area contributed by atoms with Crippen LogP contribution in [0.3, 0.4) is 0 Å². The second-order valence-electron chi connectivity index (χ2n) is 4.87. The minimum atomic E-state index is -4.31. The highest BCUT2D eigenvalue weighted by molar-refractivity contribution is 5.38. The highest BCUT2D eigenvalue weighted by Gasteiger charge is 2.31. The van der Waals surface area contributed by atoms with Gasteiger partial charge in [-0.05, 0) is 30.2 Å². The van der Waals surface area contributed by atoms with Gasteiger partial charge in [0.05, 0.1) is 12.7 Å². The highest BCUT2D eigenvalue weighted by Crippen LogP contribution is 2.32. The van der Waals surface area contributed by atoms with Crippen molar-refractivity contribution in [1.82, 2.24) is 10.2 Å². The van der Waals surface area contributed by atoms with Crippen LogP contribution in [-0.4, -0.2) is 44.7 Å². The second kappa shape index (κ2) is 6.45. The molecule has 0 bridgehead atoms. The van der Waals surface area contributed by atoms with Crippen molar-refractivity contribution in [2.75, 3.05) is 39.8 Å². The fourth-order valence-corrected chi connectivity index (χ4v) is 2.36. The van der Waals surface area contributed by atoms with Crippen molar-refractivity contribution in [1.29, 1.82) is 0 Å². The number of hydrogen-bond donors (Lipinski definition) is 1. The number of benzene rings is 1. The van der Waals surface area contributed by atoms with Crippen molar-refractivity contribution in [3.8, 4) is 5.75 Å². The summed E-state index contributed by atoms with van der Waals surface area (Å²) < 4.78 is 43.4. The van der Waals surface area contributed by atoms with Crippen LogP contribution in [0.5, 0.6) is 5.75 Å². The molecule has 0 aromatic heterocycles. The summed E-state index contributed by atoms with van der Waals surface area (Å²) in [4.78, 5) is 2.25. The maximum atomic E-state index is 12.7. The van der Waals surface area contributed by atoms with E-state index in [1.54, 1.807) is 0 Å². The monoisotopic (exact) mass is 288 g/mol. The first-order valence-electron chi connectivity index (χ1n) is 6.68. The van der Waals surface area contributed by atoms with Crippen LogP contribution in [0.2, 0.25) is 0 Å². The van der Waals surface area contributed by atoms with Crippen LogP contribution in [0.1, 0.15) is 11.1 Å². The first kappa shape index (κ1) is 15.1. The average molecular weight is 288 g/mol. The number of halogens is 3. The zero-order chi connectivity index (χ0) is 14.6. The maximum Gasteiger partial charge on any atom is 0.416 e. The fourth-order valence-electron chi connectivity index (χ4n) is 2.36. The van der Waals surface area contributed by atoms with Gasteiger partial charge in [0.25, 0.3) is 0 Å². The number of nitrogens with zero attached hydrogens (tertiary/aromatic N) is 1. The van der Waals surface area contributed by atoms with Gasteiger partial charge in [-0.15, -0.1) is 0 Å². The van der Waals surface area contributed by atoms with Gasteiger partial charge in [-0.3, -0.25) is 0 Å². The van der Waals surface area contributed by atoms with Gasteiger partial charge in [-0.25, -0.2) is 0 Å². The van der Waals surface area contributed by atoms with Crippen LogP contribution in [0, 0.1) is 0 Å². The molecule has 1 saturated heterocycles. The molecule has 6 heteroatoms. The Morgan fingerprint density at radius 2 is 1.95 bits per heavy atom. The number of rotatable bonds is 4. The average Bonchev–Trinajstić information content (AvgIpc) is 2.45. The predicted molar refractivity (Wildman–Crippen MR) is 71.0 cm³/mol. The SMILES string of the molecule is COc1ccc(C(F)(F)F)cc1CCN1CCNCC1. The summed E-state index contributed by atoms with van der Waals surface area (Å²) in [6.45, 7) is 4.47. The summed E-state index contributed by atoms with van der Waals surface area (Å²) in [7, 11) is 1.48. The van der Waals surface area contributed by atoms with Gasteiger partial charge in [-0.2, -0.15) is 13.2 Å². The predicted octanol–water partition coefficient (Wildman–Crippen LogP) is 2.16. The molecular weight excluding hydrogens is 269 g/mol. The van der Waals surface area contributed by atoms with Gasteiger partial charge >= 0.3 is 6.18 Å². The van der Waals surface area contributed by atoms with Crippen LogP contribution in [-0.2, 0) is 12.6 Å². The molecule has 1 aliphatic rings. The highest BCUT2D eigenvalue weighted by atomic mass is 19.4. The molecule has 2 rings (SSSR count). The Hall–Kier alpha value is -1.27. The van der Waals surface area contributed by atoms with E-state index in [9.17, 15) is 13.2 Å². The Labute approximate surface area is 116 Å². The van der Waals surface area contributed by atoms with E-state index in [4.69, 9.17) is 4.74 Å². The summed E-state index contributed by atoms with van der Waals surface area (Å²) in [6, 6.07) is 3.66. The largest absolute Gasteiger partial charge is 0.496 e. The molecule has 1 aromatic rings. The van der Waals surface area contributed by atoms with Gasteiger partial charge in [0.15, 0.2) is 0 Å². The molecule has 0 saturated carbocycles. The summed E-state index contributed by atoms with van der Waals surface area (Å²) in [5.74, 6) is 0.521. The van der Waals surface area contributed by atoms with E-state index >= 15 is 0 Å². The number of alkyl halides is 3. The number of methoxy groups -OCH3 is 1. The molecule has 0 radical (unpaired) electrons. The van der Waals surface area contributed by atoms with Crippen molar-refractivity contribution >= 4 is 0 Å². The Morgan fingerprint density at radius 1 is 1.25 bits per heavy atom. The Bertz CT molecular complexity index is 443. The lowest BCUT2D eigenvalue weighted by Gasteiger charge is -2.27. The normalized spacial score (nSPS) is 17.2. The van der Waals surface area contributed by atoms with Crippen molar-refractivity contribution in [2.24, 2.45) is 0 Å². The molecule has 3 nitrogen and oxygen atoms in total. The minimum Gasteiger partial charge on any atom is -0.496 e. The Balaban J connectivity index is 2.07. The number of ether oxygens (including phenoxy) is 1. The van der Waals surface area contributed by atoms with E-state index in [1.807, 2.05) is 0 Å². The van der Waals surface area contributed by atoms with E-state index in [2.05, 4.69) is 10.2 Å². The van der Waals surface area contributed by atoms with Gasteiger partial charge < -0.3 is 15.0 Å². The van der Waals surface area contributed by atoms with Crippen LogP contribution < -0.4 is 10.1 Å². The van der Waals surface area contributed by atoms with Gasteiger partial charge in [-0.1, -0.05) is 0 Å². The molecule has 20 heavy (non-hydrogen) atoms. The lowest BCUT2D eigenvalue weighted by Crippen LogP contribution is -2.44. The third-order valence-corrected chi connectivity index (χ3v) is 3.51. The number of hydrogen-bond acceptors (Lipinski definition) is 3. The van der Waals surface area contributed by atoms with Crippen molar-refractivity contribution in [2.45, 2.75) is 12.6 Å². The van der Waals surface area contributed by atoms with Crippen molar-refractivity contribution < 1.29 is 17.9 Å². The molecule has 1 aromatic carbocycles.